The second kappa shape index (κ2) is 5.61. The summed E-state index contributed by atoms with van der Waals surface area (Å²) >= 11 is 0. The molecule has 1 aromatic carbocycles. The van der Waals surface area contributed by atoms with E-state index in [-0.39, 0.29) is 5.82 Å². The van der Waals surface area contributed by atoms with Crippen LogP contribution in [-0.4, -0.2) is 16.7 Å². The third-order valence-corrected chi connectivity index (χ3v) is 3.21. The minimum atomic E-state index is -0.436. The summed E-state index contributed by atoms with van der Waals surface area (Å²) in [5.41, 5.74) is 0.504. The number of anilines is 1. The zero-order valence-electron chi connectivity index (χ0n) is 12.3. The van der Waals surface area contributed by atoms with E-state index in [2.05, 4.69) is 29.3 Å². The molecular formula is C15H20FN3O. The van der Waals surface area contributed by atoms with Gasteiger partial charge in [0.2, 0.25) is 0 Å². The van der Waals surface area contributed by atoms with Gasteiger partial charge in [0.1, 0.15) is 5.82 Å². The maximum absolute atomic E-state index is 13.0. The van der Waals surface area contributed by atoms with Crippen LogP contribution in [0.1, 0.15) is 39.1 Å². The van der Waals surface area contributed by atoms with Crippen molar-refractivity contribution in [2.45, 2.75) is 33.1 Å². The smallest absolute Gasteiger partial charge is 0.321 e. The molecule has 0 spiro atoms. The zero-order chi connectivity index (χ0) is 14.8. The van der Waals surface area contributed by atoms with Gasteiger partial charge in [-0.15, -0.1) is 0 Å². The lowest BCUT2D eigenvalue weighted by atomic mass is 9.84. The molecular weight excluding hydrogens is 257 g/mol. The zero-order valence-corrected chi connectivity index (χ0v) is 12.3. The van der Waals surface area contributed by atoms with Crippen LogP contribution in [0, 0.1) is 11.7 Å². The molecule has 1 heterocycles. The van der Waals surface area contributed by atoms with Crippen LogP contribution >= 0.6 is 0 Å². The van der Waals surface area contributed by atoms with Gasteiger partial charge in [0.25, 0.3) is 0 Å². The molecule has 0 saturated carbocycles. The van der Waals surface area contributed by atoms with Crippen molar-refractivity contribution in [2.75, 3.05) is 11.9 Å². The summed E-state index contributed by atoms with van der Waals surface area (Å²) in [5, 5.41) is 7.12. The Balaban J connectivity index is 2.19. The Morgan fingerprint density at radius 3 is 2.50 bits per heavy atom. The fourth-order valence-electron chi connectivity index (χ4n) is 1.84. The SMILES string of the molecule is CC(C)CNc1nc(C(C)(C)c2ccc(F)cc2)no1. The molecule has 0 saturated heterocycles. The molecule has 108 valence electrons. The number of nitrogens with one attached hydrogen (secondary N) is 1. The lowest BCUT2D eigenvalue weighted by molar-refractivity contribution is 0.406. The monoisotopic (exact) mass is 277 g/mol. The summed E-state index contributed by atoms with van der Waals surface area (Å²) in [6.45, 7) is 8.95. The van der Waals surface area contributed by atoms with Crippen molar-refractivity contribution in [1.29, 1.82) is 0 Å². The van der Waals surface area contributed by atoms with Gasteiger partial charge in [0.05, 0.1) is 5.41 Å². The quantitative estimate of drug-likeness (QED) is 0.907. The maximum Gasteiger partial charge on any atom is 0.321 e. The fraction of sp³-hybridized carbons (Fsp3) is 0.467. The van der Waals surface area contributed by atoms with Gasteiger partial charge in [-0.2, -0.15) is 4.98 Å². The number of hydrogen-bond donors (Lipinski definition) is 1. The van der Waals surface area contributed by atoms with Gasteiger partial charge in [0, 0.05) is 6.54 Å². The van der Waals surface area contributed by atoms with E-state index in [0.717, 1.165) is 12.1 Å². The molecule has 1 aromatic heterocycles. The van der Waals surface area contributed by atoms with Crippen LogP contribution in [0.5, 0.6) is 0 Å². The third kappa shape index (κ3) is 3.15. The second-order valence-corrected chi connectivity index (χ2v) is 5.83. The number of nitrogens with zero attached hydrogens (tertiary/aromatic N) is 2. The Hall–Kier alpha value is -1.91. The van der Waals surface area contributed by atoms with Crippen LogP contribution in [0.15, 0.2) is 28.8 Å². The molecule has 2 aromatic rings. The molecule has 0 unspecified atom stereocenters. The summed E-state index contributed by atoms with van der Waals surface area (Å²) in [7, 11) is 0. The summed E-state index contributed by atoms with van der Waals surface area (Å²) in [6, 6.07) is 6.79. The van der Waals surface area contributed by atoms with Crippen molar-refractivity contribution in [3.05, 3.63) is 41.5 Å². The molecule has 0 radical (unpaired) electrons. The molecule has 5 heteroatoms. The number of aromatic nitrogens is 2. The van der Waals surface area contributed by atoms with Crippen molar-refractivity contribution in [1.82, 2.24) is 10.1 Å². The van der Waals surface area contributed by atoms with E-state index in [1.54, 1.807) is 12.1 Å². The van der Waals surface area contributed by atoms with Crippen LogP contribution in [0.2, 0.25) is 0 Å². The minimum absolute atomic E-state index is 0.253. The lowest BCUT2D eigenvalue weighted by Crippen LogP contribution is -2.21. The summed E-state index contributed by atoms with van der Waals surface area (Å²) < 4.78 is 18.2. The van der Waals surface area contributed by atoms with E-state index in [4.69, 9.17) is 4.52 Å². The Labute approximate surface area is 118 Å². The van der Waals surface area contributed by atoms with Gasteiger partial charge in [-0.05, 0) is 37.5 Å². The predicted octanol–water partition coefficient (Wildman–Crippen LogP) is 3.60. The first kappa shape index (κ1) is 14.5. The molecule has 0 aliphatic carbocycles. The molecule has 0 aliphatic heterocycles. The van der Waals surface area contributed by atoms with Crippen molar-refractivity contribution in [3.63, 3.8) is 0 Å². The molecule has 2 rings (SSSR count). The highest BCUT2D eigenvalue weighted by Crippen LogP contribution is 2.30. The minimum Gasteiger partial charge on any atom is -0.337 e. The molecule has 20 heavy (non-hydrogen) atoms. The molecule has 0 bridgehead atoms. The highest BCUT2D eigenvalue weighted by Gasteiger charge is 2.29. The molecule has 4 nitrogen and oxygen atoms in total. The molecule has 0 fully saturated rings. The van der Waals surface area contributed by atoms with Crippen LogP contribution in [-0.2, 0) is 5.41 Å². The lowest BCUT2D eigenvalue weighted by Gasteiger charge is -2.20. The van der Waals surface area contributed by atoms with Gasteiger partial charge in [-0.1, -0.05) is 31.1 Å². The van der Waals surface area contributed by atoms with Gasteiger partial charge in [-0.3, -0.25) is 0 Å². The Morgan fingerprint density at radius 1 is 1.25 bits per heavy atom. The highest BCUT2D eigenvalue weighted by atomic mass is 19.1. The molecule has 1 N–H and O–H groups in total. The fourth-order valence-corrected chi connectivity index (χ4v) is 1.84. The van der Waals surface area contributed by atoms with E-state index in [1.165, 1.54) is 12.1 Å². The first-order valence-corrected chi connectivity index (χ1v) is 6.73. The van der Waals surface area contributed by atoms with Crippen molar-refractivity contribution in [3.8, 4) is 0 Å². The maximum atomic E-state index is 13.0. The first-order chi connectivity index (χ1) is 9.39. The predicted molar refractivity (Wildman–Crippen MR) is 76.2 cm³/mol. The Morgan fingerprint density at radius 2 is 1.90 bits per heavy atom. The largest absolute Gasteiger partial charge is 0.337 e. The van der Waals surface area contributed by atoms with Gasteiger partial charge in [0.15, 0.2) is 5.82 Å². The normalized spacial score (nSPS) is 11.9. The number of rotatable bonds is 5. The molecule has 0 amide bonds. The Bertz CT molecular complexity index is 561. The van der Waals surface area contributed by atoms with Crippen LogP contribution < -0.4 is 5.32 Å². The van der Waals surface area contributed by atoms with E-state index >= 15 is 0 Å². The van der Waals surface area contributed by atoms with E-state index in [1.807, 2.05) is 13.8 Å². The molecule has 0 atom stereocenters. The van der Waals surface area contributed by atoms with Crippen molar-refractivity contribution >= 4 is 6.01 Å². The van der Waals surface area contributed by atoms with Crippen LogP contribution in [0.25, 0.3) is 0 Å². The van der Waals surface area contributed by atoms with Gasteiger partial charge >= 0.3 is 6.01 Å². The number of hydrogen-bond acceptors (Lipinski definition) is 4. The van der Waals surface area contributed by atoms with Crippen molar-refractivity contribution in [2.24, 2.45) is 5.92 Å². The van der Waals surface area contributed by atoms with E-state index in [0.29, 0.717) is 17.8 Å². The van der Waals surface area contributed by atoms with Crippen LogP contribution in [0.4, 0.5) is 10.4 Å². The second-order valence-electron chi connectivity index (χ2n) is 5.83. The summed E-state index contributed by atoms with van der Waals surface area (Å²) in [6.07, 6.45) is 0. The van der Waals surface area contributed by atoms with Crippen LogP contribution in [0.3, 0.4) is 0 Å². The topological polar surface area (TPSA) is 51.0 Å². The van der Waals surface area contributed by atoms with E-state index < -0.39 is 5.41 Å². The average Bonchev–Trinajstić information content (AvgIpc) is 2.86. The van der Waals surface area contributed by atoms with E-state index in [9.17, 15) is 4.39 Å². The summed E-state index contributed by atoms with van der Waals surface area (Å²) in [5.74, 6) is 0.822. The first-order valence-electron chi connectivity index (χ1n) is 6.73. The highest BCUT2D eigenvalue weighted by molar-refractivity contribution is 5.32. The van der Waals surface area contributed by atoms with Gasteiger partial charge < -0.3 is 9.84 Å². The molecule has 0 aliphatic rings. The number of halogens is 1. The third-order valence-electron chi connectivity index (χ3n) is 3.21. The Kier molecular flexibility index (Phi) is 4.06. The summed E-state index contributed by atoms with van der Waals surface area (Å²) in [4.78, 5) is 4.37. The number of benzene rings is 1. The standard InChI is InChI=1S/C15H20FN3O/c1-10(2)9-17-14-18-13(19-20-14)15(3,4)11-5-7-12(16)8-6-11/h5-8,10H,9H2,1-4H3,(H,17,18,19). The van der Waals surface area contributed by atoms with Crippen molar-refractivity contribution < 1.29 is 8.91 Å². The average molecular weight is 277 g/mol. The van der Waals surface area contributed by atoms with Gasteiger partial charge in [-0.25, -0.2) is 4.39 Å².